The second-order valence-electron chi connectivity index (χ2n) is 4.45. The summed E-state index contributed by atoms with van der Waals surface area (Å²) in [4.78, 5) is 15.8. The van der Waals surface area contributed by atoms with Crippen molar-refractivity contribution in [2.45, 2.75) is 6.42 Å². The topological polar surface area (TPSA) is 23.6 Å². The van der Waals surface area contributed by atoms with Crippen molar-refractivity contribution in [1.82, 2.24) is 4.90 Å². The number of halogens is 2. The van der Waals surface area contributed by atoms with Crippen LogP contribution < -0.4 is 4.90 Å². The van der Waals surface area contributed by atoms with Crippen LogP contribution in [0.5, 0.6) is 0 Å². The minimum Gasteiger partial charge on any atom is -0.383 e. The first-order valence-electron chi connectivity index (χ1n) is 5.62. The molecule has 0 unspecified atom stereocenters. The number of benzene rings is 1. The smallest absolute Gasteiger partial charge is 0.255 e. The Bertz CT molecular complexity index is 491. The van der Waals surface area contributed by atoms with Gasteiger partial charge in [-0.05, 0) is 24.6 Å². The fraction of sp³-hybridized carbons (Fsp3) is 0.308. The van der Waals surface area contributed by atoms with E-state index in [0.29, 0.717) is 16.6 Å². The molecule has 1 saturated heterocycles. The lowest BCUT2D eigenvalue weighted by Gasteiger charge is -2.16. The van der Waals surface area contributed by atoms with Crippen molar-refractivity contribution in [2.75, 3.05) is 25.5 Å². The molecule has 0 aromatic heterocycles. The molecule has 0 saturated carbocycles. The highest BCUT2D eigenvalue weighted by Gasteiger charge is 2.27. The average Bonchev–Trinajstić information content (AvgIpc) is 2.58. The highest BCUT2D eigenvalue weighted by atomic mass is 35.5. The molecule has 2 rings (SSSR count). The molecule has 18 heavy (non-hydrogen) atoms. The minimum absolute atomic E-state index is 0.0158. The maximum atomic E-state index is 12.2. The van der Waals surface area contributed by atoms with Crippen LogP contribution in [0.3, 0.4) is 0 Å². The molecule has 0 spiro atoms. The number of carbonyl (C=O) groups excluding carboxylic acids is 1. The van der Waals surface area contributed by atoms with Gasteiger partial charge in [-0.1, -0.05) is 23.2 Å². The van der Waals surface area contributed by atoms with E-state index in [1.165, 1.54) is 0 Å². The summed E-state index contributed by atoms with van der Waals surface area (Å²) in [5, 5.41) is 1.07. The van der Waals surface area contributed by atoms with Crippen LogP contribution in [-0.4, -0.2) is 31.4 Å². The normalized spacial score (nSPS) is 17.7. The lowest BCUT2D eigenvalue weighted by molar-refractivity contribution is -0.114. The number of nitrogens with zero attached hydrogens (tertiary/aromatic N) is 2. The second-order valence-corrected chi connectivity index (χ2v) is 5.33. The number of carbonyl (C=O) groups is 1. The Labute approximate surface area is 117 Å². The van der Waals surface area contributed by atoms with E-state index < -0.39 is 0 Å². The molecule has 1 fully saturated rings. The Morgan fingerprint density at radius 1 is 1.22 bits per heavy atom. The van der Waals surface area contributed by atoms with Crippen molar-refractivity contribution in [3.63, 3.8) is 0 Å². The number of amides is 1. The van der Waals surface area contributed by atoms with Gasteiger partial charge in [-0.2, -0.15) is 0 Å². The van der Waals surface area contributed by atoms with Gasteiger partial charge in [0.15, 0.2) is 0 Å². The molecular weight excluding hydrogens is 271 g/mol. The van der Waals surface area contributed by atoms with Gasteiger partial charge in [-0.25, -0.2) is 0 Å². The third-order valence-corrected chi connectivity index (χ3v) is 3.13. The predicted octanol–water partition coefficient (Wildman–Crippen LogP) is 3.18. The average molecular weight is 285 g/mol. The largest absolute Gasteiger partial charge is 0.383 e. The highest BCUT2D eigenvalue weighted by Crippen LogP contribution is 2.30. The molecule has 3 nitrogen and oxygen atoms in total. The van der Waals surface area contributed by atoms with Crippen LogP contribution in [-0.2, 0) is 4.79 Å². The van der Waals surface area contributed by atoms with Gasteiger partial charge in [-0.3, -0.25) is 4.79 Å². The minimum atomic E-state index is 0.0158. The van der Waals surface area contributed by atoms with Crippen molar-refractivity contribution >= 4 is 34.8 Å². The molecule has 0 radical (unpaired) electrons. The number of anilines is 1. The summed E-state index contributed by atoms with van der Waals surface area (Å²) in [5.41, 5.74) is 1.55. The Morgan fingerprint density at radius 2 is 1.83 bits per heavy atom. The molecule has 0 N–H and O–H groups in total. The van der Waals surface area contributed by atoms with Gasteiger partial charge in [0, 0.05) is 48.1 Å². The van der Waals surface area contributed by atoms with Gasteiger partial charge in [0.05, 0.1) is 0 Å². The predicted molar refractivity (Wildman–Crippen MR) is 75.2 cm³/mol. The fourth-order valence-corrected chi connectivity index (χ4v) is 2.50. The Kier molecular flexibility index (Phi) is 3.83. The molecule has 0 bridgehead atoms. The lowest BCUT2D eigenvalue weighted by atomic mass is 10.2. The molecule has 1 heterocycles. The van der Waals surface area contributed by atoms with Crippen molar-refractivity contribution in [3.8, 4) is 0 Å². The van der Waals surface area contributed by atoms with E-state index in [-0.39, 0.29) is 5.91 Å². The van der Waals surface area contributed by atoms with Crippen LogP contribution in [0.2, 0.25) is 10.0 Å². The maximum absolute atomic E-state index is 12.2. The Balaban J connectivity index is 2.28. The van der Waals surface area contributed by atoms with Crippen LogP contribution in [0.25, 0.3) is 0 Å². The third-order valence-electron chi connectivity index (χ3n) is 2.70. The molecule has 1 aliphatic rings. The zero-order valence-corrected chi connectivity index (χ0v) is 11.8. The number of rotatable bonds is 2. The quantitative estimate of drug-likeness (QED) is 0.779. The van der Waals surface area contributed by atoms with Crippen molar-refractivity contribution in [1.29, 1.82) is 0 Å². The summed E-state index contributed by atoms with van der Waals surface area (Å²) in [5.74, 6) is 0.0158. The van der Waals surface area contributed by atoms with Gasteiger partial charge in [0.2, 0.25) is 0 Å². The van der Waals surface area contributed by atoms with E-state index in [4.69, 9.17) is 23.2 Å². The van der Waals surface area contributed by atoms with Crippen LogP contribution in [0.1, 0.15) is 6.42 Å². The van der Waals surface area contributed by atoms with Gasteiger partial charge in [0.1, 0.15) is 0 Å². The zero-order chi connectivity index (χ0) is 13.3. The van der Waals surface area contributed by atoms with Crippen LogP contribution in [0.15, 0.2) is 30.0 Å². The SMILES string of the molecule is CN(C)/C=C1/CCN(c2cc(Cl)cc(Cl)c2)C1=O. The molecule has 0 aliphatic carbocycles. The van der Waals surface area contributed by atoms with Crippen LogP contribution >= 0.6 is 23.2 Å². The van der Waals surface area contributed by atoms with E-state index in [1.807, 2.05) is 25.2 Å². The summed E-state index contributed by atoms with van der Waals surface area (Å²) in [6.45, 7) is 0.662. The van der Waals surface area contributed by atoms with E-state index >= 15 is 0 Å². The van der Waals surface area contributed by atoms with E-state index in [0.717, 1.165) is 17.7 Å². The molecular formula is C13H14Cl2N2O. The molecule has 96 valence electrons. The number of hydrogen-bond donors (Lipinski definition) is 0. The first kappa shape index (κ1) is 13.2. The maximum Gasteiger partial charge on any atom is 0.255 e. The van der Waals surface area contributed by atoms with Gasteiger partial charge in [-0.15, -0.1) is 0 Å². The molecule has 1 amide bonds. The van der Waals surface area contributed by atoms with Crippen molar-refractivity contribution in [2.24, 2.45) is 0 Å². The van der Waals surface area contributed by atoms with Crippen LogP contribution in [0, 0.1) is 0 Å². The van der Waals surface area contributed by atoms with Gasteiger partial charge >= 0.3 is 0 Å². The zero-order valence-electron chi connectivity index (χ0n) is 10.3. The Morgan fingerprint density at radius 3 is 2.39 bits per heavy atom. The van der Waals surface area contributed by atoms with Gasteiger partial charge in [0.25, 0.3) is 5.91 Å². The molecule has 1 aliphatic heterocycles. The third kappa shape index (κ3) is 2.79. The van der Waals surface area contributed by atoms with E-state index in [1.54, 1.807) is 23.1 Å². The second kappa shape index (κ2) is 5.21. The summed E-state index contributed by atoms with van der Waals surface area (Å²) in [6, 6.07) is 5.16. The van der Waals surface area contributed by atoms with Crippen molar-refractivity contribution in [3.05, 3.63) is 40.0 Å². The first-order valence-corrected chi connectivity index (χ1v) is 6.38. The summed E-state index contributed by atoms with van der Waals surface area (Å²) >= 11 is 11.9. The fourth-order valence-electron chi connectivity index (χ4n) is 1.99. The van der Waals surface area contributed by atoms with Gasteiger partial charge < -0.3 is 9.80 Å². The monoisotopic (exact) mass is 284 g/mol. The first-order chi connectivity index (χ1) is 8.47. The molecule has 1 aromatic carbocycles. The summed E-state index contributed by atoms with van der Waals surface area (Å²) < 4.78 is 0. The lowest BCUT2D eigenvalue weighted by Crippen LogP contribution is -2.24. The van der Waals surface area contributed by atoms with E-state index in [9.17, 15) is 4.79 Å². The van der Waals surface area contributed by atoms with Crippen LogP contribution in [0.4, 0.5) is 5.69 Å². The standard InChI is InChI=1S/C13H14Cl2N2O/c1-16(2)8-9-3-4-17(13(9)18)12-6-10(14)5-11(15)7-12/h5-8H,3-4H2,1-2H3/b9-8-. The molecule has 0 atom stereocenters. The Hall–Kier alpha value is -1.19. The molecule has 5 heteroatoms. The van der Waals surface area contributed by atoms with E-state index in [2.05, 4.69) is 0 Å². The van der Waals surface area contributed by atoms with Crippen molar-refractivity contribution < 1.29 is 4.79 Å². The summed E-state index contributed by atoms with van der Waals surface area (Å²) in [7, 11) is 3.80. The molecule has 1 aromatic rings. The highest BCUT2D eigenvalue weighted by molar-refractivity contribution is 6.35. The number of hydrogen-bond acceptors (Lipinski definition) is 2. The summed E-state index contributed by atoms with van der Waals surface area (Å²) in [6.07, 6.45) is 2.59.